The van der Waals surface area contributed by atoms with Crippen LogP contribution < -0.4 is 5.73 Å². The molecule has 17 heavy (non-hydrogen) atoms. The van der Waals surface area contributed by atoms with E-state index in [1.807, 2.05) is 0 Å². The summed E-state index contributed by atoms with van der Waals surface area (Å²) in [5.74, 6) is 0. The van der Waals surface area contributed by atoms with Crippen molar-refractivity contribution in [3.8, 4) is 0 Å². The van der Waals surface area contributed by atoms with Crippen LogP contribution in [0.2, 0.25) is 0 Å². The van der Waals surface area contributed by atoms with Crippen molar-refractivity contribution < 1.29 is 0 Å². The lowest BCUT2D eigenvalue weighted by atomic mass is 9.88. The minimum absolute atomic E-state index is 0.157. The Morgan fingerprint density at radius 2 is 1.82 bits per heavy atom. The van der Waals surface area contributed by atoms with E-state index >= 15 is 0 Å². The minimum Gasteiger partial charge on any atom is -0.329 e. The molecule has 0 heterocycles. The molecule has 0 radical (unpaired) electrons. The van der Waals surface area contributed by atoms with Crippen molar-refractivity contribution in [3.63, 3.8) is 0 Å². The maximum atomic E-state index is 6.02. The summed E-state index contributed by atoms with van der Waals surface area (Å²) in [5.41, 5.74) is 7.53. The molecule has 2 nitrogen and oxygen atoms in total. The molecule has 0 saturated carbocycles. The molecule has 1 atom stereocenters. The van der Waals surface area contributed by atoms with E-state index in [2.05, 4.69) is 56.1 Å². The fourth-order valence-electron chi connectivity index (χ4n) is 2.53. The Labute approximate surface area is 106 Å². The predicted molar refractivity (Wildman–Crippen MR) is 74.9 cm³/mol. The highest BCUT2D eigenvalue weighted by Gasteiger charge is 2.30. The lowest BCUT2D eigenvalue weighted by molar-refractivity contribution is 0.102. The Kier molecular flexibility index (Phi) is 5.66. The number of benzene rings is 1. The molecule has 1 rings (SSSR count). The van der Waals surface area contributed by atoms with Crippen molar-refractivity contribution >= 4 is 0 Å². The van der Waals surface area contributed by atoms with Crippen LogP contribution in [0.15, 0.2) is 30.3 Å². The molecule has 96 valence electrons. The zero-order valence-electron chi connectivity index (χ0n) is 11.4. The van der Waals surface area contributed by atoms with E-state index in [4.69, 9.17) is 5.73 Å². The largest absolute Gasteiger partial charge is 0.329 e. The van der Waals surface area contributed by atoms with Crippen LogP contribution in [0.1, 0.15) is 38.7 Å². The topological polar surface area (TPSA) is 29.3 Å². The van der Waals surface area contributed by atoms with Gasteiger partial charge < -0.3 is 5.73 Å². The van der Waals surface area contributed by atoms with Gasteiger partial charge in [-0.05, 0) is 25.5 Å². The molecular formula is C15H26N2. The molecule has 1 aromatic rings. The van der Waals surface area contributed by atoms with E-state index in [9.17, 15) is 0 Å². The average molecular weight is 234 g/mol. The molecule has 0 fully saturated rings. The van der Waals surface area contributed by atoms with Crippen molar-refractivity contribution in [1.82, 2.24) is 4.90 Å². The highest BCUT2D eigenvalue weighted by molar-refractivity contribution is 5.15. The van der Waals surface area contributed by atoms with Crippen LogP contribution >= 0.6 is 0 Å². The molecule has 0 bridgehead atoms. The highest BCUT2D eigenvalue weighted by atomic mass is 15.2. The van der Waals surface area contributed by atoms with Gasteiger partial charge in [0.1, 0.15) is 0 Å². The summed E-state index contributed by atoms with van der Waals surface area (Å²) in [5, 5.41) is 0. The second-order valence-corrected chi connectivity index (χ2v) is 4.87. The van der Waals surface area contributed by atoms with Crippen molar-refractivity contribution in [2.75, 3.05) is 13.6 Å². The van der Waals surface area contributed by atoms with Crippen LogP contribution in [-0.4, -0.2) is 24.0 Å². The first-order valence-corrected chi connectivity index (χ1v) is 6.63. The van der Waals surface area contributed by atoms with Crippen LogP contribution in [0.5, 0.6) is 0 Å². The van der Waals surface area contributed by atoms with Gasteiger partial charge in [-0.2, -0.15) is 0 Å². The van der Waals surface area contributed by atoms with E-state index in [1.165, 1.54) is 18.4 Å². The monoisotopic (exact) mass is 234 g/mol. The Morgan fingerprint density at radius 3 is 2.29 bits per heavy atom. The Morgan fingerprint density at radius 1 is 1.18 bits per heavy atom. The summed E-state index contributed by atoms with van der Waals surface area (Å²) in [6.07, 6.45) is 3.47. The molecular weight excluding hydrogens is 208 g/mol. The van der Waals surface area contributed by atoms with Crippen molar-refractivity contribution in [3.05, 3.63) is 35.9 Å². The molecule has 1 aromatic carbocycles. The van der Waals surface area contributed by atoms with Gasteiger partial charge in [0.25, 0.3) is 0 Å². The molecule has 0 spiro atoms. The van der Waals surface area contributed by atoms with Gasteiger partial charge in [-0.1, -0.05) is 50.6 Å². The van der Waals surface area contributed by atoms with Gasteiger partial charge in [-0.15, -0.1) is 0 Å². The van der Waals surface area contributed by atoms with E-state index in [0.717, 1.165) is 19.5 Å². The molecule has 0 amide bonds. The fraction of sp³-hybridized carbons (Fsp3) is 0.600. The van der Waals surface area contributed by atoms with E-state index < -0.39 is 0 Å². The lowest BCUT2D eigenvalue weighted by Gasteiger charge is -2.41. The normalized spacial score (nSPS) is 14.9. The second kappa shape index (κ2) is 6.77. The molecule has 0 aliphatic carbocycles. The molecule has 0 aliphatic rings. The van der Waals surface area contributed by atoms with Gasteiger partial charge in [0.05, 0.1) is 0 Å². The number of rotatable bonds is 7. The van der Waals surface area contributed by atoms with Gasteiger partial charge in [0.2, 0.25) is 0 Å². The summed E-state index contributed by atoms with van der Waals surface area (Å²) in [4.78, 5) is 2.42. The zero-order chi connectivity index (χ0) is 12.7. The quantitative estimate of drug-likeness (QED) is 0.786. The van der Waals surface area contributed by atoms with E-state index in [0.29, 0.717) is 0 Å². The third kappa shape index (κ3) is 3.55. The summed E-state index contributed by atoms with van der Waals surface area (Å²) >= 11 is 0. The molecule has 2 N–H and O–H groups in total. The van der Waals surface area contributed by atoms with Crippen LogP contribution in [0.4, 0.5) is 0 Å². The smallest absolute Gasteiger partial charge is 0.0329 e. The summed E-state index contributed by atoms with van der Waals surface area (Å²) in [6, 6.07) is 10.6. The molecule has 0 saturated heterocycles. The van der Waals surface area contributed by atoms with Crippen LogP contribution in [0.25, 0.3) is 0 Å². The molecule has 0 aromatic heterocycles. The summed E-state index contributed by atoms with van der Waals surface area (Å²) in [6.45, 7) is 6.19. The average Bonchev–Trinajstić information content (AvgIpc) is 2.37. The standard InChI is InChI=1S/C15H26N2/c1-4-11-15(5-2,13-16)17(3)12-14-9-7-6-8-10-14/h6-10H,4-5,11-13,16H2,1-3H3. The van der Waals surface area contributed by atoms with Gasteiger partial charge in [-0.3, -0.25) is 4.90 Å². The zero-order valence-corrected chi connectivity index (χ0v) is 11.4. The first-order valence-electron chi connectivity index (χ1n) is 6.63. The predicted octanol–water partition coefficient (Wildman–Crippen LogP) is 3.03. The maximum Gasteiger partial charge on any atom is 0.0329 e. The maximum absolute atomic E-state index is 6.02. The van der Waals surface area contributed by atoms with Crippen molar-refractivity contribution in [2.45, 2.75) is 45.2 Å². The van der Waals surface area contributed by atoms with Crippen LogP contribution in [0.3, 0.4) is 0 Å². The van der Waals surface area contributed by atoms with E-state index in [1.54, 1.807) is 0 Å². The fourth-order valence-corrected chi connectivity index (χ4v) is 2.53. The summed E-state index contributed by atoms with van der Waals surface area (Å²) in [7, 11) is 2.19. The number of nitrogens with two attached hydrogens (primary N) is 1. The van der Waals surface area contributed by atoms with Gasteiger partial charge in [0, 0.05) is 18.6 Å². The highest BCUT2D eigenvalue weighted by Crippen LogP contribution is 2.25. The van der Waals surface area contributed by atoms with Crippen LogP contribution in [-0.2, 0) is 6.54 Å². The Bertz CT molecular complexity index is 304. The number of nitrogens with zero attached hydrogens (tertiary/aromatic N) is 1. The van der Waals surface area contributed by atoms with Crippen molar-refractivity contribution in [2.24, 2.45) is 5.73 Å². The Balaban J connectivity index is 2.75. The van der Waals surface area contributed by atoms with Gasteiger partial charge in [-0.25, -0.2) is 0 Å². The third-order valence-electron chi connectivity index (χ3n) is 3.83. The second-order valence-electron chi connectivity index (χ2n) is 4.87. The lowest BCUT2D eigenvalue weighted by Crippen LogP contribution is -2.51. The first-order chi connectivity index (χ1) is 8.18. The molecule has 2 heteroatoms. The van der Waals surface area contributed by atoms with Crippen molar-refractivity contribution in [1.29, 1.82) is 0 Å². The van der Waals surface area contributed by atoms with Gasteiger partial charge in [0.15, 0.2) is 0 Å². The number of hydrogen-bond acceptors (Lipinski definition) is 2. The summed E-state index contributed by atoms with van der Waals surface area (Å²) < 4.78 is 0. The van der Waals surface area contributed by atoms with Crippen LogP contribution in [0, 0.1) is 0 Å². The van der Waals surface area contributed by atoms with E-state index in [-0.39, 0.29) is 5.54 Å². The molecule has 1 unspecified atom stereocenters. The number of hydrogen-bond donors (Lipinski definition) is 1. The minimum atomic E-state index is 0.157. The Hall–Kier alpha value is -0.860. The molecule has 0 aliphatic heterocycles. The SMILES string of the molecule is CCCC(CC)(CN)N(C)Cc1ccccc1. The number of likely N-dealkylation sites (N-methyl/N-ethyl adjacent to an activating group) is 1. The first kappa shape index (κ1) is 14.2. The van der Waals surface area contributed by atoms with Gasteiger partial charge >= 0.3 is 0 Å². The third-order valence-corrected chi connectivity index (χ3v) is 3.83.